The van der Waals surface area contributed by atoms with Crippen LogP contribution in [0.5, 0.6) is 0 Å². The zero-order valence-corrected chi connectivity index (χ0v) is 32.2. The van der Waals surface area contributed by atoms with Crippen molar-refractivity contribution in [1.29, 1.82) is 10.5 Å². The highest BCUT2D eigenvalue weighted by Crippen LogP contribution is 2.47. The number of fused-ring (bicyclic) bond motifs is 6. The first kappa shape index (κ1) is 38.1. The molecular weight excluding hydrogens is 795 g/mol. The maximum absolute atomic E-state index is 15.4. The van der Waals surface area contributed by atoms with Crippen LogP contribution in [0.4, 0.5) is 26.3 Å². The van der Waals surface area contributed by atoms with E-state index < -0.39 is 23.5 Å². The molecule has 0 fully saturated rings. The number of hydrogen-bond donors (Lipinski definition) is 0. The topological polar surface area (TPSA) is 57.4 Å². The second kappa shape index (κ2) is 14.3. The number of para-hydroxylation sites is 2. The quantitative estimate of drug-likeness (QED) is 0.162. The molecule has 0 unspecified atom stereocenters. The first-order valence-electron chi connectivity index (χ1n) is 19.4. The number of nitrogens with zero attached hydrogens (tertiary/aromatic N) is 4. The molecule has 2 heterocycles. The lowest BCUT2D eigenvalue weighted by Gasteiger charge is -2.23. The first-order valence-corrected chi connectivity index (χ1v) is 19.4. The minimum atomic E-state index is -4.86. The van der Waals surface area contributed by atoms with Gasteiger partial charge in [0.2, 0.25) is 0 Å². The minimum Gasteiger partial charge on any atom is -0.309 e. The van der Waals surface area contributed by atoms with Crippen molar-refractivity contribution in [2.24, 2.45) is 0 Å². The molecule has 0 amide bonds. The van der Waals surface area contributed by atoms with Gasteiger partial charge in [0.25, 0.3) is 0 Å². The zero-order chi connectivity index (χ0) is 42.9. The molecule has 0 saturated heterocycles. The number of halogens is 6. The third kappa shape index (κ3) is 6.32. The van der Waals surface area contributed by atoms with E-state index in [1.54, 1.807) is 57.7 Å². The number of nitriles is 2. The highest BCUT2D eigenvalue weighted by Gasteiger charge is 2.35. The summed E-state index contributed by atoms with van der Waals surface area (Å²) in [7, 11) is 0. The van der Waals surface area contributed by atoms with Gasteiger partial charge in [-0.25, -0.2) is 0 Å². The number of hydrogen-bond acceptors (Lipinski definition) is 2. The molecular formula is C52H28F6N4. The van der Waals surface area contributed by atoms with Crippen molar-refractivity contribution in [2.75, 3.05) is 0 Å². The highest BCUT2D eigenvalue weighted by atomic mass is 19.4. The largest absolute Gasteiger partial charge is 0.416 e. The zero-order valence-electron chi connectivity index (χ0n) is 32.2. The summed E-state index contributed by atoms with van der Waals surface area (Å²) in [6, 6.07) is 50.8. The average molecular weight is 823 g/mol. The summed E-state index contributed by atoms with van der Waals surface area (Å²) in [5.41, 5.74) is 4.76. The number of rotatable bonds is 5. The van der Waals surface area contributed by atoms with Crippen molar-refractivity contribution in [3.8, 4) is 56.9 Å². The van der Waals surface area contributed by atoms with Gasteiger partial charge in [0.15, 0.2) is 0 Å². The maximum Gasteiger partial charge on any atom is 0.416 e. The van der Waals surface area contributed by atoms with Gasteiger partial charge in [-0.2, -0.15) is 36.9 Å². The van der Waals surface area contributed by atoms with Crippen LogP contribution in [0.2, 0.25) is 0 Å². The first-order chi connectivity index (χ1) is 29.9. The minimum absolute atomic E-state index is 0.0339. The van der Waals surface area contributed by atoms with Crippen LogP contribution in [0.3, 0.4) is 0 Å². The fraction of sp³-hybridized carbons (Fsp3) is 0.0385. The SMILES string of the molecule is N#Cc1ccc(-c2ccc3c(c2)c2ccccc2n3-c2cc(C(F)(F)F)cc(-n3c4ccccc4c4cc(-c5ccc(C#N)cc5)ccc43)c2-c2cccc(C(F)(F)F)c2)cc1. The van der Waals surface area contributed by atoms with Crippen LogP contribution >= 0.6 is 0 Å². The van der Waals surface area contributed by atoms with E-state index in [2.05, 4.69) is 12.1 Å². The lowest BCUT2D eigenvalue weighted by Crippen LogP contribution is -2.11. The molecule has 10 aromatic rings. The van der Waals surface area contributed by atoms with Gasteiger partial charge in [0, 0.05) is 27.1 Å². The molecule has 0 N–H and O–H groups in total. The monoisotopic (exact) mass is 822 g/mol. The number of benzene rings is 8. The molecule has 10 heteroatoms. The molecule has 298 valence electrons. The molecule has 0 aliphatic carbocycles. The Bertz CT molecular complexity index is 3310. The van der Waals surface area contributed by atoms with Crippen LogP contribution in [0.15, 0.2) is 170 Å². The maximum atomic E-state index is 15.4. The van der Waals surface area contributed by atoms with Crippen molar-refractivity contribution in [1.82, 2.24) is 9.13 Å². The van der Waals surface area contributed by atoms with E-state index in [0.29, 0.717) is 44.0 Å². The molecule has 4 nitrogen and oxygen atoms in total. The predicted molar refractivity (Wildman–Crippen MR) is 231 cm³/mol. The molecule has 0 saturated carbocycles. The molecule has 0 aliphatic heterocycles. The molecule has 0 bridgehead atoms. The van der Waals surface area contributed by atoms with E-state index in [1.807, 2.05) is 84.9 Å². The van der Waals surface area contributed by atoms with Crippen molar-refractivity contribution in [2.45, 2.75) is 12.4 Å². The molecule has 8 aromatic carbocycles. The second-order valence-corrected chi connectivity index (χ2v) is 15.0. The summed E-state index contributed by atoms with van der Waals surface area (Å²) in [6.45, 7) is 0. The summed E-state index contributed by atoms with van der Waals surface area (Å²) in [5.74, 6) is 0. The van der Waals surface area contributed by atoms with Gasteiger partial charge >= 0.3 is 12.4 Å². The third-order valence-electron chi connectivity index (χ3n) is 11.4. The molecule has 10 rings (SSSR count). The van der Waals surface area contributed by atoms with Gasteiger partial charge in [0.1, 0.15) is 0 Å². The van der Waals surface area contributed by atoms with Gasteiger partial charge < -0.3 is 9.13 Å². The lowest BCUT2D eigenvalue weighted by atomic mass is 9.96. The Labute approximate surface area is 350 Å². The van der Waals surface area contributed by atoms with Gasteiger partial charge in [-0.1, -0.05) is 84.9 Å². The standard InChI is InChI=1S/C52H28F6N4/c53-51(54,55)38-7-5-6-37(24-38)50-48(61-44-10-3-1-8-40(44)42-25-35(20-22-46(42)61)33-16-12-31(29-59)13-17-33)27-39(52(56,57)58)28-49(50)62-45-11-4-2-9-41(45)43-26-36(21-23-47(43)62)34-18-14-32(30-60)15-19-34/h1-28H. The number of aromatic nitrogens is 2. The second-order valence-electron chi connectivity index (χ2n) is 15.0. The summed E-state index contributed by atoms with van der Waals surface area (Å²) < 4.78 is 93.3. The van der Waals surface area contributed by atoms with Crippen LogP contribution in [0, 0.1) is 22.7 Å². The summed E-state index contributed by atoms with van der Waals surface area (Å²) >= 11 is 0. The molecule has 0 spiro atoms. The van der Waals surface area contributed by atoms with Gasteiger partial charge in [-0.3, -0.25) is 0 Å². The Kier molecular flexibility index (Phi) is 8.79. The van der Waals surface area contributed by atoms with Crippen molar-refractivity contribution >= 4 is 43.6 Å². The van der Waals surface area contributed by atoms with Gasteiger partial charge in [0.05, 0.1) is 67.8 Å². The molecule has 2 aromatic heterocycles. The normalized spacial score (nSPS) is 12.0. The summed E-state index contributed by atoms with van der Waals surface area (Å²) in [4.78, 5) is 0. The summed E-state index contributed by atoms with van der Waals surface area (Å²) in [5, 5.41) is 21.6. The number of alkyl halides is 6. The Morgan fingerprint density at radius 3 is 1.21 bits per heavy atom. The summed E-state index contributed by atoms with van der Waals surface area (Å²) in [6.07, 6.45) is -9.61. The van der Waals surface area contributed by atoms with E-state index in [1.165, 1.54) is 12.1 Å². The van der Waals surface area contributed by atoms with Crippen molar-refractivity contribution in [3.05, 3.63) is 192 Å². The fourth-order valence-corrected chi connectivity index (χ4v) is 8.57. The van der Waals surface area contributed by atoms with Gasteiger partial charge in [-0.05, 0) is 113 Å². The molecule has 0 radical (unpaired) electrons. The van der Waals surface area contributed by atoms with Crippen LogP contribution < -0.4 is 0 Å². The van der Waals surface area contributed by atoms with Crippen LogP contribution in [-0.2, 0) is 12.4 Å². The Morgan fingerprint density at radius 1 is 0.355 bits per heavy atom. The van der Waals surface area contributed by atoms with Crippen molar-refractivity contribution in [3.63, 3.8) is 0 Å². The van der Waals surface area contributed by atoms with E-state index in [0.717, 1.165) is 57.3 Å². The third-order valence-corrected chi connectivity index (χ3v) is 11.4. The molecule has 0 atom stereocenters. The van der Waals surface area contributed by atoms with E-state index >= 15 is 13.2 Å². The van der Waals surface area contributed by atoms with Gasteiger partial charge in [-0.15, -0.1) is 0 Å². The van der Waals surface area contributed by atoms with E-state index in [-0.39, 0.29) is 22.5 Å². The lowest BCUT2D eigenvalue weighted by molar-refractivity contribution is -0.138. The van der Waals surface area contributed by atoms with Crippen LogP contribution in [0.1, 0.15) is 22.3 Å². The van der Waals surface area contributed by atoms with E-state index in [9.17, 15) is 23.7 Å². The molecule has 62 heavy (non-hydrogen) atoms. The molecule has 0 aliphatic rings. The Hall–Kier alpha value is -8.08. The fourth-order valence-electron chi connectivity index (χ4n) is 8.57. The van der Waals surface area contributed by atoms with Crippen LogP contribution in [-0.4, -0.2) is 9.13 Å². The average Bonchev–Trinajstić information content (AvgIpc) is 3.80. The Morgan fingerprint density at radius 2 is 0.774 bits per heavy atom. The van der Waals surface area contributed by atoms with Crippen molar-refractivity contribution < 1.29 is 26.3 Å². The predicted octanol–water partition coefficient (Wildman–Crippen LogP) is 14.7. The smallest absolute Gasteiger partial charge is 0.309 e. The Balaban J connectivity index is 1.33. The van der Waals surface area contributed by atoms with E-state index in [4.69, 9.17) is 0 Å². The highest BCUT2D eigenvalue weighted by molar-refractivity contribution is 6.13. The van der Waals surface area contributed by atoms with Crippen LogP contribution in [0.25, 0.3) is 88.4 Å².